The lowest BCUT2D eigenvalue weighted by molar-refractivity contribution is 0.624. The Labute approximate surface area is 315 Å². The highest BCUT2D eigenvalue weighted by Crippen LogP contribution is 2.52. The van der Waals surface area contributed by atoms with E-state index in [1.807, 2.05) is 0 Å². The van der Waals surface area contributed by atoms with Gasteiger partial charge in [0.05, 0.1) is 0 Å². The lowest BCUT2D eigenvalue weighted by Crippen LogP contribution is -2.36. The number of rotatable bonds is 4. The fraction of sp³-hybridized carbons (Fsp3) is 0.0980. The number of hydrogen-bond donors (Lipinski definition) is 1. The topological polar surface area (TPSA) is 36.8 Å². The van der Waals surface area contributed by atoms with Crippen LogP contribution in [0.2, 0.25) is 0 Å². The Hall–Kier alpha value is -6.58. The van der Waals surface area contributed by atoms with Crippen molar-refractivity contribution in [3.63, 3.8) is 0 Å². The van der Waals surface area contributed by atoms with Crippen LogP contribution in [0.5, 0.6) is 0 Å². The standard InChI is InChI=1S/C51H37N3/c1-3-20-36-32(14-1)16-12-28-44(36)50-52-49(53-51(54-50)45-29-13-17-33-15-2-4-21-37(33)45)35-19-11-18-34(30-35)46-31-47-40-24-6-5-22-38(40)39-23-7-9-26-42(39)48(47)43-27-10-8-25-41(43)46/h1-4,6-21,23-31,39,42,50H,5,22H2,(H,52,53,54). The summed E-state index contributed by atoms with van der Waals surface area (Å²) in [5.41, 5.74) is 11.4. The van der Waals surface area contributed by atoms with E-state index in [0.29, 0.717) is 11.8 Å². The van der Waals surface area contributed by atoms with Gasteiger partial charge in [0.1, 0.15) is 11.7 Å². The average molecular weight is 692 g/mol. The number of nitrogens with zero attached hydrogens (tertiary/aromatic N) is 2. The zero-order chi connectivity index (χ0) is 35.6. The van der Waals surface area contributed by atoms with E-state index in [9.17, 15) is 0 Å². The molecule has 54 heavy (non-hydrogen) atoms. The van der Waals surface area contributed by atoms with Crippen LogP contribution in [0.1, 0.15) is 52.7 Å². The predicted molar refractivity (Wildman–Crippen MR) is 226 cm³/mol. The lowest BCUT2D eigenvalue weighted by Gasteiger charge is -2.37. The molecule has 0 aromatic heterocycles. The molecule has 0 saturated carbocycles. The molecule has 7 aromatic rings. The van der Waals surface area contributed by atoms with E-state index < -0.39 is 6.17 Å². The summed E-state index contributed by atoms with van der Waals surface area (Å²) in [7, 11) is 0. The molecular formula is C51H37N3. The van der Waals surface area contributed by atoms with E-state index in [0.717, 1.165) is 46.6 Å². The van der Waals surface area contributed by atoms with E-state index in [-0.39, 0.29) is 0 Å². The molecule has 3 nitrogen and oxygen atoms in total. The summed E-state index contributed by atoms with van der Waals surface area (Å²) >= 11 is 0. The zero-order valence-corrected chi connectivity index (χ0v) is 29.8. The summed E-state index contributed by atoms with van der Waals surface area (Å²) in [6.45, 7) is 0. The van der Waals surface area contributed by atoms with Gasteiger partial charge in [0, 0.05) is 28.5 Å². The van der Waals surface area contributed by atoms with Crippen molar-refractivity contribution < 1.29 is 0 Å². The quantitative estimate of drug-likeness (QED) is 0.196. The SMILES string of the molecule is C1=CC2C3=C(C=CCC3)c3cc(-c4cccc(C5=NC(c6cccc7ccccc67)N=C(c6cccc7ccccc67)N5)c4)c4ccccc4c3C2C=C1. The van der Waals surface area contributed by atoms with Gasteiger partial charge in [-0.25, -0.2) is 9.98 Å². The molecule has 3 atom stereocenters. The number of hydrogen-bond acceptors (Lipinski definition) is 3. The highest BCUT2D eigenvalue weighted by molar-refractivity contribution is 6.20. The first-order chi connectivity index (χ1) is 26.8. The second kappa shape index (κ2) is 12.5. The molecule has 1 aliphatic heterocycles. The molecule has 11 rings (SSSR count). The van der Waals surface area contributed by atoms with E-state index in [1.165, 1.54) is 54.8 Å². The molecule has 0 spiro atoms. The first-order valence-corrected chi connectivity index (χ1v) is 19.1. The molecule has 3 unspecified atom stereocenters. The van der Waals surface area contributed by atoms with Gasteiger partial charge >= 0.3 is 0 Å². The van der Waals surface area contributed by atoms with Gasteiger partial charge in [-0.3, -0.25) is 0 Å². The Morgan fingerprint density at radius 2 is 1.19 bits per heavy atom. The van der Waals surface area contributed by atoms with Gasteiger partial charge in [-0.2, -0.15) is 0 Å². The van der Waals surface area contributed by atoms with Gasteiger partial charge in [-0.15, -0.1) is 0 Å². The monoisotopic (exact) mass is 691 g/mol. The highest BCUT2D eigenvalue weighted by atomic mass is 15.2. The minimum atomic E-state index is -0.413. The summed E-state index contributed by atoms with van der Waals surface area (Å²) in [5, 5.41) is 11.0. The molecule has 256 valence electrons. The fourth-order valence-corrected chi connectivity index (χ4v) is 9.34. The maximum atomic E-state index is 5.38. The molecule has 3 aliphatic carbocycles. The van der Waals surface area contributed by atoms with Crippen LogP contribution >= 0.6 is 0 Å². The molecule has 0 bridgehead atoms. The third-order valence-corrected chi connectivity index (χ3v) is 11.8. The highest BCUT2D eigenvalue weighted by Gasteiger charge is 2.35. The first kappa shape index (κ1) is 31.0. The third kappa shape index (κ3) is 4.96. The Balaban J connectivity index is 1.08. The minimum absolute atomic E-state index is 0.346. The number of fused-ring (bicyclic) bond motifs is 9. The Kier molecular flexibility index (Phi) is 7.19. The normalized spacial score (nSPS) is 20.0. The minimum Gasteiger partial charge on any atom is -0.324 e. The third-order valence-electron chi connectivity index (χ3n) is 11.8. The van der Waals surface area contributed by atoms with Crippen LogP contribution in [0.3, 0.4) is 0 Å². The molecule has 0 amide bonds. The van der Waals surface area contributed by atoms with E-state index >= 15 is 0 Å². The van der Waals surface area contributed by atoms with Crippen LogP contribution in [0.25, 0.3) is 49.0 Å². The van der Waals surface area contributed by atoms with Crippen LogP contribution in [-0.4, -0.2) is 11.7 Å². The Morgan fingerprint density at radius 1 is 0.519 bits per heavy atom. The molecule has 7 aromatic carbocycles. The number of allylic oxidation sites excluding steroid dienone is 8. The van der Waals surface area contributed by atoms with Crippen molar-refractivity contribution in [3.05, 3.63) is 209 Å². The van der Waals surface area contributed by atoms with Crippen LogP contribution < -0.4 is 5.32 Å². The van der Waals surface area contributed by atoms with Gasteiger partial charge < -0.3 is 5.32 Å². The summed E-state index contributed by atoms with van der Waals surface area (Å²) in [6.07, 6.45) is 15.9. The van der Waals surface area contributed by atoms with Crippen LogP contribution in [0.4, 0.5) is 0 Å². The summed E-state index contributed by atoms with van der Waals surface area (Å²) in [5.74, 6) is 2.41. The van der Waals surface area contributed by atoms with Gasteiger partial charge in [0.2, 0.25) is 0 Å². The number of amidine groups is 2. The molecule has 1 heterocycles. The van der Waals surface area contributed by atoms with Gasteiger partial charge in [0.15, 0.2) is 6.17 Å². The molecule has 1 N–H and O–H groups in total. The summed E-state index contributed by atoms with van der Waals surface area (Å²) in [6, 6.07) is 50.4. The smallest absolute Gasteiger partial charge is 0.170 e. The van der Waals surface area contributed by atoms with Crippen LogP contribution in [-0.2, 0) is 0 Å². The Morgan fingerprint density at radius 3 is 2.06 bits per heavy atom. The molecule has 0 radical (unpaired) electrons. The Bertz CT molecular complexity index is 2870. The molecular weight excluding hydrogens is 655 g/mol. The largest absolute Gasteiger partial charge is 0.324 e. The molecule has 4 aliphatic rings. The van der Waals surface area contributed by atoms with E-state index in [1.54, 1.807) is 5.57 Å². The predicted octanol–water partition coefficient (Wildman–Crippen LogP) is 12.3. The lowest BCUT2D eigenvalue weighted by atomic mass is 9.66. The van der Waals surface area contributed by atoms with Crippen molar-refractivity contribution in [2.45, 2.75) is 24.9 Å². The van der Waals surface area contributed by atoms with Crippen molar-refractivity contribution in [1.82, 2.24) is 5.32 Å². The fourth-order valence-electron chi connectivity index (χ4n) is 9.34. The van der Waals surface area contributed by atoms with Crippen molar-refractivity contribution >= 4 is 49.6 Å². The van der Waals surface area contributed by atoms with Gasteiger partial charge in [-0.1, -0.05) is 169 Å². The van der Waals surface area contributed by atoms with Gasteiger partial charge in [-0.05, 0) is 85.1 Å². The van der Waals surface area contributed by atoms with Crippen molar-refractivity contribution in [3.8, 4) is 11.1 Å². The first-order valence-electron chi connectivity index (χ1n) is 19.1. The maximum absolute atomic E-state index is 5.38. The molecule has 0 saturated heterocycles. The van der Waals surface area contributed by atoms with Gasteiger partial charge in [0.25, 0.3) is 0 Å². The van der Waals surface area contributed by atoms with Crippen molar-refractivity contribution in [2.75, 3.05) is 0 Å². The molecule has 0 fully saturated rings. The van der Waals surface area contributed by atoms with E-state index in [4.69, 9.17) is 9.98 Å². The number of aliphatic imine (C=N–C) groups is 2. The van der Waals surface area contributed by atoms with Crippen molar-refractivity contribution in [1.29, 1.82) is 0 Å². The second-order valence-corrected chi connectivity index (χ2v) is 14.8. The summed E-state index contributed by atoms with van der Waals surface area (Å²) < 4.78 is 0. The van der Waals surface area contributed by atoms with E-state index in [2.05, 4.69) is 181 Å². The molecule has 3 heteroatoms. The second-order valence-electron chi connectivity index (χ2n) is 14.8. The van der Waals surface area contributed by atoms with Crippen LogP contribution in [0.15, 0.2) is 192 Å². The van der Waals surface area contributed by atoms with Crippen molar-refractivity contribution in [2.24, 2.45) is 15.9 Å². The zero-order valence-electron chi connectivity index (χ0n) is 29.8. The maximum Gasteiger partial charge on any atom is 0.170 e. The summed E-state index contributed by atoms with van der Waals surface area (Å²) in [4.78, 5) is 10.7. The number of benzene rings is 7. The average Bonchev–Trinajstić information content (AvgIpc) is 3.25. The number of nitrogens with one attached hydrogen (secondary N) is 1. The van der Waals surface area contributed by atoms with Crippen LogP contribution in [0, 0.1) is 5.92 Å².